The zero-order valence-electron chi connectivity index (χ0n) is 12.6. The largest absolute Gasteiger partial charge is 0.384 e. The van der Waals surface area contributed by atoms with Crippen LogP contribution in [0, 0.1) is 11.8 Å². The molecule has 1 aromatic rings. The summed E-state index contributed by atoms with van der Waals surface area (Å²) in [5, 5.41) is 13.7. The first kappa shape index (κ1) is 16.6. The Balaban J connectivity index is 2.83. The van der Waals surface area contributed by atoms with Gasteiger partial charge in [-0.3, -0.25) is 0 Å². The predicted molar refractivity (Wildman–Crippen MR) is 85.6 cm³/mol. The van der Waals surface area contributed by atoms with Crippen molar-refractivity contribution in [3.8, 4) is 11.8 Å². The molecule has 0 spiro atoms. The number of anilines is 1. The predicted octanol–water partition coefficient (Wildman–Crippen LogP) is 2.74. The first-order valence-corrected chi connectivity index (χ1v) is 7.43. The highest BCUT2D eigenvalue weighted by molar-refractivity contribution is 5.50. The molecule has 0 fully saturated rings. The standard InChI is InChI=1S/C17H26N2O/c1-3-9-17(20,10-4-2)11-8-15-6-5-7-16(14-15)19-13-12-18/h5-7,14,19-20H,3-4,9-10,12-13,18H2,1-2H3. The summed E-state index contributed by atoms with van der Waals surface area (Å²) in [5.41, 5.74) is 6.54. The van der Waals surface area contributed by atoms with Crippen molar-refractivity contribution < 1.29 is 5.11 Å². The monoisotopic (exact) mass is 274 g/mol. The van der Waals surface area contributed by atoms with Crippen LogP contribution in [0.15, 0.2) is 24.3 Å². The van der Waals surface area contributed by atoms with Crippen LogP contribution in [0.3, 0.4) is 0 Å². The first-order valence-electron chi connectivity index (χ1n) is 7.43. The Kier molecular flexibility index (Phi) is 7.14. The maximum absolute atomic E-state index is 10.5. The van der Waals surface area contributed by atoms with Crippen LogP contribution in [0.2, 0.25) is 0 Å². The molecule has 0 bridgehead atoms. The minimum atomic E-state index is -0.857. The smallest absolute Gasteiger partial charge is 0.125 e. The van der Waals surface area contributed by atoms with Crippen molar-refractivity contribution in [2.75, 3.05) is 18.4 Å². The summed E-state index contributed by atoms with van der Waals surface area (Å²) in [4.78, 5) is 0. The van der Waals surface area contributed by atoms with Gasteiger partial charge in [-0.1, -0.05) is 44.6 Å². The summed E-state index contributed by atoms with van der Waals surface area (Å²) >= 11 is 0. The molecule has 3 nitrogen and oxygen atoms in total. The molecule has 0 aliphatic heterocycles. The lowest BCUT2D eigenvalue weighted by molar-refractivity contribution is 0.0807. The molecule has 0 unspecified atom stereocenters. The Morgan fingerprint density at radius 2 is 1.95 bits per heavy atom. The third-order valence-corrected chi connectivity index (χ3v) is 3.10. The fourth-order valence-electron chi connectivity index (χ4n) is 2.19. The molecule has 0 atom stereocenters. The van der Waals surface area contributed by atoms with E-state index >= 15 is 0 Å². The van der Waals surface area contributed by atoms with Crippen molar-refractivity contribution in [1.82, 2.24) is 0 Å². The van der Waals surface area contributed by atoms with Gasteiger partial charge in [-0.2, -0.15) is 0 Å². The van der Waals surface area contributed by atoms with Gasteiger partial charge in [0.2, 0.25) is 0 Å². The van der Waals surface area contributed by atoms with Crippen LogP contribution < -0.4 is 11.1 Å². The number of hydrogen-bond donors (Lipinski definition) is 3. The van der Waals surface area contributed by atoms with Crippen molar-refractivity contribution in [1.29, 1.82) is 0 Å². The highest BCUT2D eigenvalue weighted by atomic mass is 16.3. The minimum Gasteiger partial charge on any atom is -0.384 e. The van der Waals surface area contributed by atoms with Gasteiger partial charge in [0.1, 0.15) is 5.60 Å². The molecule has 4 N–H and O–H groups in total. The first-order chi connectivity index (χ1) is 9.63. The number of rotatable bonds is 7. The molecule has 1 rings (SSSR count). The van der Waals surface area contributed by atoms with Crippen molar-refractivity contribution in [3.63, 3.8) is 0 Å². The zero-order chi connectivity index (χ0) is 14.8. The molecule has 1 aromatic carbocycles. The van der Waals surface area contributed by atoms with E-state index in [0.29, 0.717) is 6.54 Å². The second kappa shape index (κ2) is 8.63. The molecule has 0 amide bonds. The van der Waals surface area contributed by atoms with Gasteiger partial charge in [0.15, 0.2) is 0 Å². The molecular formula is C17H26N2O. The van der Waals surface area contributed by atoms with Gasteiger partial charge in [0, 0.05) is 24.3 Å². The average molecular weight is 274 g/mol. The third kappa shape index (κ3) is 5.64. The fraction of sp³-hybridized carbons (Fsp3) is 0.529. The van der Waals surface area contributed by atoms with Crippen molar-refractivity contribution in [2.24, 2.45) is 5.73 Å². The van der Waals surface area contributed by atoms with Crippen LogP contribution in [-0.2, 0) is 0 Å². The molecule has 110 valence electrons. The number of aliphatic hydroxyl groups is 1. The normalized spacial score (nSPS) is 10.8. The topological polar surface area (TPSA) is 58.3 Å². The Hall–Kier alpha value is -1.50. The summed E-state index contributed by atoms with van der Waals surface area (Å²) < 4.78 is 0. The molecule has 0 radical (unpaired) electrons. The maximum atomic E-state index is 10.5. The van der Waals surface area contributed by atoms with Crippen LogP contribution in [0.5, 0.6) is 0 Å². The summed E-state index contributed by atoms with van der Waals surface area (Å²) in [6, 6.07) is 7.90. The lowest BCUT2D eigenvalue weighted by atomic mass is 9.93. The summed E-state index contributed by atoms with van der Waals surface area (Å²) in [6.45, 7) is 5.48. The van der Waals surface area contributed by atoms with E-state index < -0.39 is 5.60 Å². The van der Waals surface area contributed by atoms with Gasteiger partial charge in [-0.15, -0.1) is 0 Å². The Morgan fingerprint density at radius 1 is 1.25 bits per heavy atom. The average Bonchev–Trinajstić information content (AvgIpc) is 2.44. The highest BCUT2D eigenvalue weighted by Gasteiger charge is 2.21. The van der Waals surface area contributed by atoms with Crippen LogP contribution in [0.25, 0.3) is 0 Å². The van der Waals surface area contributed by atoms with E-state index in [0.717, 1.165) is 43.5 Å². The lowest BCUT2D eigenvalue weighted by Crippen LogP contribution is -2.25. The molecule has 0 aliphatic rings. The number of nitrogens with two attached hydrogens (primary N) is 1. The number of benzene rings is 1. The molecular weight excluding hydrogens is 248 g/mol. The van der Waals surface area contributed by atoms with E-state index in [1.54, 1.807) is 0 Å². The maximum Gasteiger partial charge on any atom is 0.125 e. The van der Waals surface area contributed by atoms with Gasteiger partial charge in [0.05, 0.1) is 0 Å². The van der Waals surface area contributed by atoms with Crippen LogP contribution in [-0.4, -0.2) is 23.8 Å². The molecule has 0 heterocycles. The molecule has 3 heteroatoms. The van der Waals surface area contributed by atoms with Gasteiger partial charge in [-0.25, -0.2) is 0 Å². The molecule has 0 saturated heterocycles. The Bertz CT molecular complexity index is 454. The summed E-state index contributed by atoms with van der Waals surface area (Å²) in [7, 11) is 0. The third-order valence-electron chi connectivity index (χ3n) is 3.10. The quantitative estimate of drug-likeness (QED) is 0.670. The van der Waals surface area contributed by atoms with Crippen molar-refractivity contribution in [2.45, 2.75) is 45.1 Å². The van der Waals surface area contributed by atoms with Gasteiger partial charge in [0.25, 0.3) is 0 Å². The lowest BCUT2D eigenvalue weighted by Gasteiger charge is -2.20. The fourth-order valence-corrected chi connectivity index (χ4v) is 2.19. The van der Waals surface area contributed by atoms with Gasteiger partial charge in [-0.05, 0) is 31.0 Å². The SMILES string of the molecule is CCCC(O)(C#Cc1cccc(NCCN)c1)CCC. The minimum absolute atomic E-state index is 0.600. The number of hydrogen-bond acceptors (Lipinski definition) is 3. The van der Waals surface area contributed by atoms with E-state index in [1.807, 2.05) is 24.3 Å². The summed E-state index contributed by atoms with van der Waals surface area (Å²) in [6.07, 6.45) is 3.31. The zero-order valence-corrected chi connectivity index (χ0v) is 12.6. The van der Waals surface area contributed by atoms with Crippen molar-refractivity contribution in [3.05, 3.63) is 29.8 Å². The Morgan fingerprint density at radius 3 is 2.55 bits per heavy atom. The van der Waals surface area contributed by atoms with Crippen molar-refractivity contribution >= 4 is 5.69 Å². The summed E-state index contributed by atoms with van der Waals surface area (Å²) in [5.74, 6) is 6.15. The second-order valence-electron chi connectivity index (χ2n) is 5.08. The highest BCUT2D eigenvalue weighted by Crippen LogP contribution is 2.19. The second-order valence-corrected chi connectivity index (χ2v) is 5.08. The van der Waals surface area contributed by atoms with Crippen LogP contribution in [0.4, 0.5) is 5.69 Å². The molecule has 0 aliphatic carbocycles. The van der Waals surface area contributed by atoms with E-state index in [1.165, 1.54) is 0 Å². The van der Waals surface area contributed by atoms with Crippen LogP contribution in [0.1, 0.15) is 45.1 Å². The molecule has 0 aromatic heterocycles. The number of nitrogens with one attached hydrogen (secondary N) is 1. The molecule has 20 heavy (non-hydrogen) atoms. The van der Waals surface area contributed by atoms with E-state index in [-0.39, 0.29) is 0 Å². The van der Waals surface area contributed by atoms with E-state index in [9.17, 15) is 5.11 Å². The van der Waals surface area contributed by atoms with Crippen LogP contribution >= 0.6 is 0 Å². The van der Waals surface area contributed by atoms with E-state index in [4.69, 9.17) is 5.73 Å². The Labute approximate surface area is 122 Å². The molecule has 0 saturated carbocycles. The van der Waals surface area contributed by atoms with Gasteiger partial charge >= 0.3 is 0 Å². The van der Waals surface area contributed by atoms with Gasteiger partial charge < -0.3 is 16.2 Å². The van der Waals surface area contributed by atoms with E-state index in [2.05, 4.69) is 31.0 Å².